The van der Waals surface area contributed by atoms with Gasteiger partial charge in [0.1, 0.15) is 5.75 Å². The Kier molecular flexibility index (Phi) is 8.62. The van der Waals surface area contributed by atoms with Crippen LogP contribution in [0.1, 0.15) is 31.4 Å². The molecule has 0 radical (unpaired) electrons. The molecule has 38 heavy (non-hydrogen) atoms. The highest BCUT2D eigenvalue weighted by Gasteiger charge is 2.25. The van der Waals surface area contributed by atoms with Crippen molar-refractivity contribution in [3.8, 4) is 23.1 Å². The third-order valence-corrected chi connectivity index (χ3v) is 8.19. The minimum Gasteiger partial charge on any atom is -0.438 e. The summed E-state index contributed by atoms with van der Waals surface area (Å²) < 4.78 is 31.8. The molecule has 200 valence electrons. The molecule has 2 aliphatic heterocycles. The second kappa shape index (κ2) is 11.9. The van der Waals surface area contributed by atoms with E-state index in [0.717, 1.165) is 41.1 Å². The number of rotatable bonds is 7. The number of sulfonamides is 1. The molecule has 2 aliphatic rings. The highest BCUT2D eigenvalue weighted by molar-refractivity contribution is 7.88. The molecule has 2 aromatic rings. The molecular formula is C28H34N6O3S. The van der Waals surface area contributed by atoms with Crippen LogP contribution in [0.3, 0.4) is 0 Å². The van der Waals surface area contributed by atoms with Crippen molar-refractivity contribution < 1.29 is 13.2 Å². The molecule has 4 rings (SSSR count). The molecule has 1 atom stereocenters. The van der Waals surface area contributed by atoms with Crippen LogP contribution in [-0.2, 0) is 16.4 Å². The van der Waals surface area contributed by atoms with E-state index in [0.29, 0.717) is 49.9 Å². The van der Waals surface area contributed by atoms with Crippen LogP contribution in [0.4, 0.5) is 0 Å². The van der Waals surface area contributed by atoms with Gasteiger partial charge in [-0.15, -0.1) is 0 Å². The summed E-state index contributed by atoms with van der Waals surface area (Å²) in [4.78, 5) is 11.6. The molecule has 0 saturated carbocycles. The standard InChI is InChI=1S/C28H34N6O3S/c1-20-4-7-24(33-12-14-34(15-13-33)38(3,35)36)17-28(32-21(20)2)37-27-16-23(18-30)5-8-25(27)26-9-6-22(10-11-29)19-31-26/h5-9,16-17,19-20H,4,10-15,29H2,1-3H3/b24-7-,28-17+,32-21-. The Morgan fingerprint density at radius 2 is 1.95 bits per heavy atom. The monoisotopic (exact) mass is 534 g/mol. The molecule has 1 saturated heterocycles. The maximum atomic E-state index is 12.0. The summed E-state index contributed by atoms with van der Waals surface area (Å²) >= 11 is 0. The fourth-order valence-corrected chi connectivity index (χ4v) is 5.25. The van der Waals surface area contributed by atoms with E-state index in [1.165, 1.54) is 10.6 Å². The van der Waals surface area contributed by atoms with Crippen molar-refractivity contribution in [2.45, 2.75) is 26.7 Å². The zero-order valence-corrected chi connectivity index (χ0v) is 22.9. The van der Waals surface area contributed by atoms with Gasteiger partial charge in [-0.2, -0.15) is 9.57 Å². The van der Waals surface area contributed by atoms with Crippen molar-refractivity contribution in [1.82, 2.24) is 14.2 Å². The van der Waals surface area contributed by atoms with Crippen LogP contribution in [0.15, 0.2) is 65.3 Å². The third-order valence-electron chi connectivity index (χ3n) is 6.88. The number of ether oxygens (including phenoxy) is 1. The molecule has 1 aromatic heterocycles. The second-order valence-electron chi connectivity index (χ2n) is 9.67. The van der Waals surface area contributed by atoms with Gasteiger partial charge in [-0.1, -0.05) is 19.1 Å². The van der Waals surface area contributed by atoms with E-state index in [9.17, 15) is 13.7 Å². The number of nitrogens with two attached hydrogens (primary N) is 1. The van der Waals surface area contributed by atoms with Gasteiger partial charge < -0.3 is 15.4 Å². The SMILES string of the molecule is C/C1=N/C(Oc2cc(C#N)ccc2-c2ccc(CCN)cn2)=C\C(N2CCN(S(C)(=O)=O)CC2)=C\CC1C. The first-order valence-corrected chi connectivity index (χ1v) is 14.6. The van der Waals surface area contributed by atoms with Crippen LogP contribution in [-0.4, -0.2) is 67.3 Å². The summed E-state index contributed by atoms with van der Waals surface area (Å²) in [6.45, 7) is 6.66. The molecule has 3 heterocycles. The Bertz CT molecular complexity index is 1400. The average molecular weight is 535 g/mol. The molecule has 1 aromatic carbocycles. The topological polar surface area (TPSA) is 125 Å². The number of aromatic nitrogens is 1. The van der Waals surface area contributed by atoms with Crippen LogP contribution in [0.25, 0.3) is 11.3 Å². The Morgan fingerprint density at radius 1 is 1.18 bits per heavy atom. The largest absolute Gasteiger partial charge is 0.438 e. The molecule has 0 aliphatic carbocycles. The fraction of sp³-hybridized carbons (Fsp3) is 0.393. The zero-order chi connectivity index (χ0) is 27.3. The molecular weight excluding hydrogens is 500 g/mol. The lowest BCUT2D eigenvalue weighted by Gasteiger charge is -2.35. The van der Waals surface area contributed by atoms with E-state index in [-0.39, 0.29) is 5.92 Å². The summed E-state index contributed by atoms with van der Waals surface area (Å²) in [6.07, 6.45) is 8.67. The van der Waals surface area contributed by atoms with Crippen molar-refractivity contribution >= 4 is 15.7 Å². The van der Waals surface area contributed by atoms with E-state index in [1.807, 2.05) is 31.2 Å². The first-order valence-electron chi connectivity index (χ1n) is 12.7. The van der Waals surface area contributed by atoms with Gasteiger partial charge in [0.25, 0.3) is 0 Å². The maximum absolute atomic E-state index is 12.0. The van der Waals surface area contributed by atoms with E-state index in [2.05, 4.69) is 29.0 Å². The lowest BCUT2D eigenvalue weighted by atomic mass is 10.0. The smallest absolute Gasteiger partial charge is 0.221 e. The summed E-state index contributed by atoms with van der Waals surface area (Å²) in [5.41, 5.74) is 10.5. The van der Waals surface area contributed by atoms with Crippen molar-refractivity contribution in [2.75, 3.05) is 39.0 Å². The van der Waals surface area contributed by atoms with Crippen molar-refractivity contribution in [3.63, 3.8) is 0 Å². The highest BCUT2D eigenvalue weighted by atomic mass is 32.2. The lowest BCUT2D eigenvalue weighted by Crippen LogP contribution is -2.47. The minimum absolute atomic E-state index is 0.205. The van der Waals surface area contributed by atoms with Gasteiger partial charge in [0.15, 0.2) is 0 Å². The van der Waals surface area contributed by atoms with Gasteiger partial charge in [0.2, 0.25) is 15.9 Å². The fourth-order valence-electron chi connectivity index (χ4n) is 4.42. The van der Waals surface area contributed by atoms with Gasteiger partial charge in [0.05, 0.1) is 23.6 Å². The van der Waals surface area contributed by atoms with Crippen LogP contribution in [0.2, 0.25) is 0 Å². The van der Waals surface area contributed by atoms with Crippen LogP contribution in [0.5, 0.6) is 5.75 Å². The van der Waals surface area contributed by atoms with Crippen molar-refractivity contribution in [1.29, 1.82) is 5.26 Å². The van der Waals surface area contributed by atoms with Crippen LogP contribution >= 0.6 is 0 Å². The molecule has 9 nitrogen and oxygen atoms in total. The van der Waals surface area contributed by atoms with E-state index >= 15 is 0 Å². The van der Waals surface area contributed by atoms with Crippen molar-refractivity contribution in [2.24, 2.45) is 16.6 Å². The second-order valence-corrected chi connectivity index (χ2v) is 11.6. The van der Waals surface area contributed by atoms with E-state index in [1.54, 1.807) is 18.3 Å². The number of hydrogen-bond donors (Lipinski definition) is 1. The number of nitriles is 1. The third kappa shape index (κ3) is 6.67. The number of nitrogens with zero attached hydrogens (tertiary/aromatic N) is 5. The number of piperazine rings is 1. The van der Waals surface area contributed by atoms with Gasteiger partial charge >= 0.3 is 0 Å². The molecule has 1 fully saturated rings. The molecule has 0 bridgehead atoms. The predicted octanol–water partition coefficient (Wildman–Crippen LogP) is 3.30. The molecule has 10 heteroatoms. The number of pyridine rings is 1. The number of benzene rings is 1. The van der Waals surface area contributed by atoms with E-state index < -0.39 is 10.0 Å². The highest BCUT2D eigenvalue weighted by Crippen LogP contribution is 2.32. The molecule has 0 amide bonds. The predicted molar refractivity (Wildman–Crippen MR) is 149 cm³/mol. The van der Waals surface area contributed by atoms with Gasteiger partial charge in [-0.3, -0.25) is 4.98 Å². The summed E-state index contributed by atoms with van der Waals surface area (Å²) in [7, 11) is -3.22. The van der Waals surface area contributed by atoms with E-state index in [4.69, 9.17) is 15.5 Å². The van der Waals surface area contributed by atoms with Gasteiger partial charge in [-0.25, -0.2) is 13.4 Å². The normalized spacial score (nSPS) is 23.1. The maximum Gasteiger partial charge on any atom is 0.221 e. The number of allylic oxidation sites excluding steroid dienone is 2. The zero-order valence-electron chi connectivity index (χ0n) is 22.1. The van der Waals surface area contributed by atoms with Crippen molar-refractivity contribution in [3.05, 3.63) is 71.4 Å². The minimum atomic E-state index is -3.22. The number of aliphatic imine (C=N–C) groups is 1. The number of hydrogen-bond acceptors (Lipinski definition) is 8. The lowest BCUT2D eigenvalue weighted by molar-refractivity contribution is 0.233. The van der Waals surface area contributed by atoms with Gasteiger partial charge in [-0.05, 0) is 62.1 Å². The quantitative estimate of drug-likeness (QED) is 0.578. The van der Waals surface area contributed by atoms with Crippen LogP contribution < -0.4 is 10.5 Å². The Balaban J connectivity index is 1.67. The summed E-state index contributed by atoms with van der Waals surface area (Å²) in [6, 6.07) is 11.4. The molecule has 1 unspecified atom stereocenters. The Morgan fingerprint density at radius 3 is 2.58 bits per heavy atom. The Hall–Kier alpha value is -3.52. The molecule has 0 spiro atoms. The summed E-state index contributed by atoms with van der Waals surface area (Å²) in [5.74, 6) is 1.10. The first-order chi connectivity index (χ1) is 18.2. The van der Waals surface area contributed by atoms with Crippen LogP contribution in [0, 0.1) is 17.2 Å². The Labute approximate surface area is 225 Å². The molecule has 2 N–H and O–H groups in total. The first kappa shape index (κ1) is 27.5. The average Bonchev–Trinajstić information content (AvgIpc) is 2.90. The van der Waals surface area contributed by atoms with Gasteiger partial charge in [0, 0.05) is 55.4 Å². The summed E-state index contributed by atoms with van der Waals surface area (Å²) in [5, 5.41) is 9.54.